The van der Waals surface area contributed by atoms with E-state index in [4.69, 9.17) is 5.73 Å². The number of amides is 2. The number of phenols is 1. The molecule has 0 spiro atoms. The number of likely N-dealkylation sites (tertiary alicyclic amines) is 1. The molecule has 2 aromatic carbocycles. The molecule has 2 atom stereocenters. The molecule has 1 aliphatic heterocycles. The molecule has 1 saturated heterocycles. The minimum atomic E-state index is -0.865. The lowest BCUT2D eigenvalue weighted by Crippen LogP contribution is -2.40. The van der Waals surface area contributed by atoms with Crippen LogP contribution in [-0.2, 0) is 20.8 Å². The third kappa shape index (κ3) is 5.00. The van der Waals surface area contributed by atoms with Gasteiger partial charge >= 0.3 is 0 Å². The van der Waals surface area contributed by atoms with Crippen LogP contribution in [0.4, 0.5) is 5.69 Å². The first-order valence-corrected chi connectivity index (χ1v) is 9.59. The highest BCUT2D eigenvalue weighted by atomic mass is 16.3. The Kier molecular flexibility index (Phi) is 6.29. The zero-order valence-electron chi connectivity index (χ0n) is 16.3. The summed E-state index contributed by atoms with van der Waals surface area (Å²) in [5, 5.41) is 12.1. The lowest BCUT2D eigenvalue weighted by Gasteiger charge is -2.22. The van der Waals surface area contributed by atoms with E-state index in [1.54, 1.807) is 41.3 Å². The highest BCUT2D eigenvalue weighted by Crippen LogP contribution is 2.21. The lowest BCUT2D eigenvalue weighted by molar-refractivity contribution is -0.136. The largest absolute Gasteiger partial charge is 0.508 e. The maximum atomic E-state index is 12.5. The summed E-state index contributed by atoms with van der Waals surface area (Å²) in [6.07, 6.45) is 1.79. The number of anilines is 1. The number of nitrogens with zero attached hydrogens (tertiary/aromatic N) is 1. The van der Waals surface area contributed by atoms with E-state index in [1.165, 1.54) is 19.1 Å². The number of benzene rings is 2. The van der Waals surface area contributed by atoms with Gasteiger partial charge in [0.2, 0.25) is 11.8 Å². The quantitative estimate of drug-likeness (QED) is 0.694. The third-order valence-electron chi connectivity index (χ3n) is 5.15. The molecule has 1 heterocycles. The number of ketones is 1. The van der Waals surface area contributed by atoms with Gasteiger partial charge in [-0.05, 0) is 55.2 Å². The highest BCUT2D eigenvalue weighted by Gasteiger charge is 2.31. The molecule has 0 aromatic heterocycles. The van der Waals surface area contributed by atoms with Crippen LogP contribution in [0.25, 0.3) is 0 Å². The second kappa shape index (κ2) is 8.87. The van der Waals surface area contributed by atoms with Gasteiger partial charge in [0.1, 0.15) is 11.8 Å². The predicted molar refractivity (Wildman–Crippen MR) is 109 cm³/mol. The number of hydrogen-bond donors (Lipinski definition) is 3. The monoisotopic (exact) mass is 395 g/mol. The molecule has 4 N–H and O–H groups in total. The highest BCUT2D eigenvalue weighted by molar-refractivity contribution is 5.95. The van der Waals surface area contributed by atoms with Gasteiger partial charge in [0.25, 0.3) is 0 Å². The number of rotatable bonds is 6. The SMILES string of the molecule is CC(=O)[C@@H]1CCCN1C(=O)Cc1ccc(NC(=O)[C@@H](N)c2ccc(O)cc2)cc1. The van der Waals surface area contributed by atoms with Gasteiger partial charge in [0.15, 0.2) is 5.78 Å². The van der Waals surface area contributed by atoms with E-state index in [2.05, 4.69) is 5.32 Å². The summed E-state index contributed by atoms with van der Waals surface area (Å²) in [5.41, 5.74) is 7.94. The van der Waals surface area contributed by atoms with Gasteiger partial charge in [-0.1, -0.05) is 24.3 Å². The molecule has 2 amide bonds. The van der Waals surface area contributed by atoms with E-state index in [1.807, 2.05) is 0 Å². The smallest absolute Gasteiger partial charge is 0.245 e. The van der Waals surface area contributed by atoms with Gasteiger partial charge in [0, 0.05) is 12.2 Å². The van der Waals surface area contributed by atoms with Crippen LogP contribution in [0.2, 0.25) is 0 Å². The first kappa shape index (κ1) is 20.5. The first-order chi connectivity index (χ1) is 13.8. The van der Waals surface area contributed by atoms with E-state index in [0.717, 1.165) is 18.4 Å². The van der Waals surface area contributed by atoms with Gasteiger partial charge in [-0.2, -0.15) is 0 Å². The zero-order chi connectivity index (χ0) is 21.0. The molecule has 7 heteroatoms. The van der Waals surface area contributed by atoms with Crippen molar-refractivity contribution in [3.63, 3.8) is 0 Å². The number of phenolic OH excluding ortho intramolecular Hbond substituents is 1. The van der Waals surface area contributed by atoms with Crippen LogP contribution in [-0.4, -0.2) is 40.2 Å². The number of carbonyl (C=O) groups is 3. The van der Waals surface area contributed by atoms with Crippen molar-refractivity contribution < 1.29 is 19.5 Å². The standard InChI is InChI=1S/C22H25N3O4/c1-14(26)19-3-2-12-25(19)20(28)13-15-4-8-17(9-5-15)24-22(29)21(23)16-6-10-18(27)11-7-16/h4-11,19,21,27H,2-3,12-13,23H2,1H3,(H,24,29)/t19-,21-/m0/s1. The maximum Gasteiger partial charge on any atom is 0.245 e. The van der Waals surface area contributed by atoms with Gasteiger partial charge in [-0.3, -0.25) is 14.4 Å². The average molecular weight is 395 g/mol. The summed E-state index contributed by atoms with van der Waals surface area (Å²) < 4.78 is 0. The van der Waals surface area contributed by atoms with Crippen LogP contribution < -0.4 is 11.1 Å². The van der Waals surface area contributed by atoms with Crippen LogP contribution >= 0.6 is 0 Å². The van der Waals surface area contributed by atoms with E-state index in [-0.39, 0.29) is 35.8 Å². The van der Waals surface area contributed by atoms with Crippen LogP contribution in [0, 0.1) is 0 Å². The molecule has 0 aliphatic carbocycles. The molecular weight excluding hydrogens is 370 g/mol. The van der Waals surface area contributed by atoms with Gasteiger partial charge in [-0.15, -0.1) is 0 Å². The van der Waals surface area contributed by atoms with Crippen LogP contribution in [0.5, 0.6) is 5.75 Å². The van der Waals surface area contributed by atoms with Crippen molar-refractivity contribution in [2.24, 2.45) is 5.73 Å². The van der Waals surface area contributed by atoms with Crippen LogP contribution in [0.15, 0.2) is 48.5 Å². The Bertz CT molecular complexity index is 893. The number of nitrogens with one attached hydrogen (secondary N) is 1. The summed E-state index contributed by atoms with van der Waals surface area (Å²) in [6.45, 7) is 2.14. The third-order valence-corrected chi connectivity index (χ3v) is 5.15. The van der Waals surface area contributed by atoms with Crippen molar-refractivity contribution in [3.8, 4) is 5.75 Å². The molecule has 0 radical (unpaired) electrons. The van der Waals surface area contributed by atoms with Gasteiger partial charge in [-0.25, -0.2) is 0 Å². The Morgan fingerprint density at radius 1 is 1.14 bits per heavy atom. The molecule has 1 aliphatic rings. The van der Waals surface area contributed by atoms with Crippen molar-refractivity contribution in [2.75, 3.05) is 11.9 Å². The molecule has 29 heavy (non-hydrogen) atoms. The number of carbonyl (C=O) groups excluding carboxylic acids is 3. The lowest BCUT2D eigenvalue weighted by atomic mass is 10.1. The molecule has 7 nitrogen and oxygen atoms in total. The van der Waals surface area contributed by atoms with E-state index < -0.39 is 6.04 Å². The average Bonchev–Trinajstić information content (AvgIpc) is 3.20. The van der Waals surface area contributed by atoms with Crippen molar-refractivity contribution >= 4 is 23.3 Å². The van der Waals surface area contributed by atoms with Gasteiger partial charge < -0.3 is 21.1 Å². The predicted octanol–water partition coefficient (Wildman–Crippen LogP) is 2.15. The van der Waals surface area contributed by atoms with Gasteiger partial charge in [0.05, 0.1) is 12.5 Å². The molecule has 0 unspecified atom stereocenters. The summed E-state index contributed by atoms with van der Waals surface area (Å²) in [5.74, 6) is -0.302. The molecule has 3 rings (SSSR count). The van der Waals surface area contributed by atoms with Crippen molar-refractivity contribution in [1.29, 1.82) is 0 Å². The van der Waals surface area contributed by atoms with Crippen molar-refractivity contribution in [1.82, 2.24) is 4.90 Å². The Balaban J connectivity index is 1.58. The first-order valence-electron chi connectivity index (χ1n) is 9.59. The van der Waals surface area contributed by atoms with E-state index in [9.17, 15) is 19.5 Å². The second-order valence-corrected chi connectivity index (χ2v) is 7.29. The number of aromatic hydroxyl groups is 1. The molecule has 1 fully saturated rings. The van der Waals surface area contributed by atoms with E-state index >= 15 is 0 Å². The van der Waals surface area contributed by atoms with Crippen molar-refractivity contribution in [3.05, 3.63) is 59.7 Å². The molecular formula is C22H25N3O4. The van der Waals surface area contributed by atoms with Crippen LogP contribution in [0.3, 0.4) is 0 Å². The topological polar surface area (TPSA) is 113 Å². The summed E-state index contributed by atoms with van der Waals surface area (Å²) >= 11 is 0. The Morgan fingerprint density at radius 3 is 2.41 bits per heavy atom. The summed E-state index contributed by atoms with van der Waals surface area (Å²) in [6, 6.07) is 12.0. The van der Waals surface area contributed by atoms with Crippen molar-refractivity contribution in [2.45, 2.75) is 38.3 Å². The summed E-state index contributed by atoms with van der Waals surface area (Å²) in [4.78, 5) is 38.2. The fraction of sp³-hybridized carbons (Fsp3) is 0.318. The fourth-order valence-electron chi connectivity index (χ4n) is 3.52. The Hall–Kier alpha value is -3.19. The second-order valence-electron chi connectivity index (χ2n) is 7.29. The Morgan fingerprint density at radius 2 is 1.79 bits per heavy atom. The molecule has 152 valence electrons. The molecule has 2 aromatic rings. The minimum Gasteiger partial charge on any atom is -0.508 e. The summed E-state index contributed by atoms with van der Waals surface area (Å²) in [7, 11) is 0. The zero-order valence-corrected chi connectivity index (χ0v) is 16.3. The number of nitrogens with two attached hydrogens (primary N) is 1. The van der Waals surface area contributed by atoms with Crippen LogP contribution in [0.1, 0.15) is 36.9 Å². The Labute approximate surface area is 169 Å². The minimum absolute atomic E-state index is 0.0267. The molecule has 0 bridgehead atoms. The van der Waals surface area contributed by atoms with E-state index in [0.29, 0.717) is 17.8 Å². The number of Topliss-reactive ketones (excluding diaryl/α,β-unsaturated/α-hetero) is 1. The fourth-order valence-corrected chi connectivity index (χ4v) is 3.52. The normalized spacial score (nSPS) is 17.0. The molecule has 0 saturated carbocycles. The number of hydrogen-bond acceptors (Lipinski definition) is 5. The maximum absolute atomic E-state index is 12.5.